The summed E-state index contributed by atoms with van der Waals surface area (Å²) >= 11 is 0. The molecule has 0 radical (unpaired) electrons. The average Bonchev–Trinajstić information content (AvgIpc) is 3.31. The van der Waals surface area contributed by atoms with Gasteiger partial charge < -0.3 is 5.11 Å². The van der Waals surface area contributed by atoms with Crippen LogP contribution in [0.15, 0.2) is 12.2 Å². The number of hydrogen-bond acceptors (Lipinski definition) is 1. The van der Waals surface area contributed by atoms with Crippen LogP contribution >= 0.6 is 0 Å². The highest BCUT2D eigenvalue weighted by molar-refractivity contribution is 5.30. The van der Waals surface area contributed by atoms with E-state index in [1.807, 2.05) is 0 Å². The molecule has 1 heteroatoms. The minimum atomic E-state index is -0.0888. The van der Waals surface area contributed by atoms with Crippen LogP contribution in [-0.4, -0.2) is 11.2 Å². The minimum Gasteiger partial charge on any atom is -0.393 e. The minimum absolute atomic E-state index is 0.0888. The van der Waals surface area contributed by atoms with Gasteiger partial charge in [0, 0.05) is 0 Å². The van der Waals surface area contributed by atoms with Gasteiger partial charge in [-0.15, -0.1) is 0 Å². The van der Waals surface area contributed by atoms with Crippen molar-refractivity contribution in [3.63, 3.8) is 0 Å². The molecule has 9 atom stereocenters. The normalized spacial score (nSPS) is 51.9. The third kappa shape index (κ3) is 2.73. The molecule has 1 nitrogen and oxygen atoms in total. The lowest BCUT2D eigenvalue weighted by atomic mass is 9.41. The number of hydrogen-bond donors (Lipinski definition) is 1. The summed E-state index contributed by atoms with van der Waals surface area (Å²) in [4.78, 5) is 0. The van der Waals surface area contributed by atoms with Crippen LogP contribution in [0.3, 0.4) is 0 Å². The maximum absolute atomic E-state index is 10.9. The first kappa shape index (κ1) is 23.4. The summed E-state index contributed by atoms with van der Waals surface area (Å²) < 4.78 is 0. The molecule has 0 bridgehead atoms. The van der Waals surface area contributed by atoms with Gasteiger partial charge in [-0.1, -0.05) is 60.6 Å². The first-order chi connectivity index (χ1) is 14.9. The molecule has 5 aliphatic carbocycles. The number of aliphatic hydroxyl groups is 1. The zero-order valence-electron chi connectivity index (χ0n) is 22.4. The molecule has 0 unspecified atom stereocenters. The van der Waals surface area contributed by atoms with Crippen LogP contribution in [0.1, 0.15) is 119 Å². The van der Waals surface area contributed by atoms with Crippen LogP contribution < -0.4 is 0 Å². The van der Waals surface area contributed by atoms with Gasteiger partial charge in [0.1, 0.15) is 0 Å². The Hall–Kier alpha value is -0.300. The number of allylic oxidation sites excluding steroid dienone is 1. The molecule has 0 amide bonds. The molecule has 0 aliphatic heterocycles. The van der Waals surface area contributed by atoms with Crippen molar-refractivity contribution < 1.29 is 5.11 Å². The van der Waals surface area contributed by atoms with Crippen molar-refractivity contribution >= 4 is 0 Å². The zero-order chi connectivity index (χ0) is 23.3. The van der Waals surface area contributed by atoms with Crippen LogP contribution in [0.2, 0.25) is 0 Å². The third-order valence-electron chi connectivity index (χ3n) is 13.6. The van der Waals surface area contributed by atoms with Gasteiger partial charge in [0.2, 0.25) is 0 Å². The Kier molecular flexibility index (Phi) is 5.21. The van der Waals surface area contributed by atoms with Gasteiger partial charge >= 0.3 is 0 Å². The Bertz CT molecular complexity index is 779. The smallest absolute Gasteiger partial charge is 0.0594 e. The second kappa shape index (κ2) is 7.11. The van der Waals surface area contributed by atoms with Gasteiger partial charge in [-0.25, -0.2) is 0 Å². The van der Waals surface area contributed by atoms with E-state index in [4.69, 9.17) is 0 Å². The van der Waals surface area contributed by atoms with Crippen molar-refractivity contribution in [3.05, 3.63) is 12.2 Å². The predicted molar refractivity (Wildman–Crippen MR) is 135 cm³/mol. The van der Waals surface area contributed by atoms with Crippen LogP contribution in [0.5, 0.6) is 0 Å². The van der Waals surface area contributed by atoms with Crippen molar-refractivity contribution in [2.45, 2.75) is 125 Å². The van der Waals surface area contributed by atoms with Gasteiger partial charge in [0.25, 0.3) is 0 Å². The number of rotatable bonds is 5. The Balaban J connectivity index is 1.39. The van der Waals surface area contributed by atoms with Crippen molar-refractivity contribution in [2.75, 3.05) is 0 Å². The predicted octanol–water partition coefficient (Wildman–Crippen LogP) is 8.41. The average molecular weight is 441 g/mol. The van der Waals surface area contributed by atoms with Crippen molar-refractivity contribution in [1.82, 2.24) is 0 Å². The summed E-state index contributed by atoms with van der Waals surface area (Å²) in [6.45, 7) is 21.8. The molecule has 0 aromatic heterocycles. The van der Waals surface area contributed by atoms with E-state index in [1.54, 1.807) is 0 Å². The van der Waals surface area contributed by atoms with E-state index in [0.717, 1.165) is 30.1 Å². The van der Waals surface area contributed by atoms with Crippen LogP contribution in [0.25, 0.3) is 0 Å². The fourth-order valence-electron chi connectivity index (χ4n) is 11.2. The van der Waals surface area contributed by atoms with E-state index < -0.39 is 0 Å². The fourth-order valence-corrected chi connectivity index (χ4v) is 11.2. The van der Waals surface area contributed by atoms with E-state index in [2.05, 4.69) is 55.0 Å². The highest BCUT2D eigenvalue weighted by Crippen LogP contribution is 2.89. The Morgan fingerprint density at radius 3 is 2.19 bits per heavy atom. The molecule has 5 rings (SSSR count). The molecular formula is C31H52O. The standard InChI is InChI=1S/C31H52O/c1-20(2)21(3)9-10-22(4)23-13-15-29(8)25-12-11-24-27(5,6)26(32)14-16-30(24)19-31(25,30)18-17-28(23,29)7/h20,22-26,32H,3,9-19H2,1-2,4-8H3/t22-,23-,24+,25-,26+,28-,29+,30-,31+/m1/s1. The topological polar surface area (TPSA) is 20.2 Å². The molecule has 182 valence electrons. The van der Waals surface area contributed by atoms with Crippen LogP contribution in [0.4, 0.5) is 0 Å². The van der Waals surface area contributed by atoms with E-state index in [0.29, 0.717) is 27.6 Å². The zero-order valence-corrected chi connectivity index (χ0v) is 22.4. The van der Waals surface area contributed by atoms with Crippen molar-refractivity contribution in [1.29, 1.82) is 0 Å². The lowest BCUT2D eigenvalue weighted by Crippen LogP contribution is -2.57. The van der Waals surface area contributed by atoms with Gasteiger partial charge in [0.05, 0.1) is 6.10 Å². The van der Waals surface area contributed by atoms with E-state index in [1.165, 1.54) is 69.8 Å². The maximum atomic E-state index is 10.9. The SMILES string of the molecule is C=C(CC[C@@H](C)[C@H]1CC[C@@]2(C)[C@H]3CC[C@H]4C(C)(C)[C@@H](O)CC[C@@]45C[C@@]35CC[C@]12C)C(C)C. The van der Waals surface area contributed by atoms with E-state index >= 15 is 0 Å². The summed E-state index contributed by atoms with van der Waals surface area (Å²) in [5, 5.41) is 10.9. The quantitative estimate of drug-likeness (QED) is 0.425. The summed E-state index contributed by atoms with van der Waals surface area (Å²) in [6.07, 6.45) is 15.0. The molecule has 0 aromatic rings. The van der Waals surface area contributed by atoms with Crippen LogP contribution in [-0.2, 0) is 0 Å². The van der Waals surface area contributed by atoms with Crippen molar-refractivity contribution in [3.8, 4) is 0 Å². The fraction of sp³-hybridized carbons (Fsp3) is 0.935. The molecule has 0 heterocycles. The van der Waals surface area contributed by atoms with Gasteiger partial charge in [0.15, 0.2) is 0 Å². The monoisotopic (exact) mass is 440 g/mol. The molecular weight excluding hydrogens is 388 g/mol. The first-order valence-electron chi connectivity index (χ1n) is 14.2. The first-order valence-corrected chi connectivity index (χ1v) is 14.2. The molecule has 2 spiro atoms. The maximum Gasteiger partial charge on any atom is 0.0594 e. The summed E-state index contributed by atoms with van der Waals surface area (Å²) in [6, 6.07) is 0. The van der Waals surface area contributed by atoms with E-state index in [-0.39, 0.29) is 11.5 Å². The largest absolute Gasteiger partial charge is 0.393 e. The summed E-state index contributed by atoms with van der Waals surface area (Å²) in [5.41, 5.74) is 3.79. The molecule has 5 fully saturated rings. The lowest BCUT2D eigenvalue weighted by Gasteiger charge is -2.63. The molecule has 0 saturated heterocycles. The highest BCUT2D eigenvalue weighted by atomic mass is 16.3. The third-order valence-corrected chi connectivity index (χ3v) is 13.6. The molecule has 5 saturated carbocycles. The molecule has 5 aliphatic rings. The van der Waals surface area contributed by atoms with Gasteiger partial charge in [-0.3, -0.25) is 0 Å². The summed E-state index contributed by atoms with van der Waals surface area (Å²) in [7, 11) is 0. The van der Waals surface area contributed by atoms with E-state index in [9.17, 15) is 5.11 Å². The second-order valence-corrected chi connectivity index (χ2v) is 14.9. The Labute approximate surface area is 199 Å². The Morgan fingerprint density at radius 2 is 1.50 bits per heavy atom. The number of fused-ring (bicyclic) bond motifs is 2. The van der Waals surface area contributed by atoms with Gasteiger partial charge in [-0.2, -0.15) is 0 Å². The summed E-state index contributed by atoms with van der Waals surface area (Å²) in [5.74, 6) is 4.02. The van der Waals surface area contributed by atoms with Crippen molar-refractivity contribution in [2.24, 2.45) is 56.7 Å². The second-order valence-electron chi connectivity index (χ2n) is 14.9. The van der Waals surface area contributed by atoms with Crippen LogP contribution in [0, 0.1) is 56.7 Å². The lowest BCUT2D eigenvalue weighted by molar-refractivity contribution is -0.161. The van der Waals surface area contributed by atoms with Gasteiger partial charge in [-0.05, 0) is 127 Å². The Morgan fingerprint density at radius 1 is 0.844 bits per heavy atom. The molecule has 1 N–H and O–H groups in total. The molecule has 32 heavy (non-hydrogen) atoms. The highest BCUT2D eigenvalue weighted by Gasteiger charge is 2.82. The number of aliphatic hydroxyl groups excluding tert-OH is 1. The molecule has 0 aromatic carbocycles.